The number of nitrogens with one attached hydrogen (secondary N) is 2. The molecule has 0 aromatic heterocycles. The number of anilines is 1. The number of hydrogen-bond acceptors (Lipinski definition) is 2. The third-order valence-corrected chi connectivity index (χ3v) is 3.54. The van der Waals surface area contributed by atoms with Gasteiger partial charge in [0.25, 0.3) is 0 Å². The van der Waals surface area contributed by atoms with E-state index in [1.807, 2.05) is 24.3 Å². The van der Waals surface area contributed by atoms with Gasteiger partial charge in [0.2, 0.25) is 0 Å². The maximum atomic E-state index is 11.8. The van der Waals surface area contributed by atoms with Crippen molar-refractivity contribution in [2.45, 2.75) is 6.54 Å². The smallest absolute Gasteiger partial charge is 0.335 e. The minimum absolute atomic E-state index is 0.124. The number of carboxylic acid groups (broad SMARTS) is 1. The number of amides is 2. The number of halogens is 1. The maximum absolute atomic E-state index is 11.8. The Hall–Kier alpha value is -2.34. The summed E-state index contributed by atoms with van der Waals surface area (Å²) in [5.74, 6) is -1.03. The minimum atomic E-state index is -1.03. The molecular weight excluding hydrogens is 336 g/mol. The molecule has 2 aromatic carbocycles. The molecule has 0 bridgehead atoms. The van der Waals surface area contributed by atoms with E-state index < -0.39 is 12.0 Å². The first-order valence-corrected chi connectivity index (χ1v) is 6.97. The highest BCUT2D eigenvalue weighted by atomic mass is 79.9. The third kappa shape index (κ3) is 4.32. The van der Waals surface area contributed by atoms with E-state index in [4.69, 9.17) is 5.11 Å². The third-order valence-electron chi connectivity index (χ3n) is 2.76. The molecule has 108 valence electrons. The van der Waals surface area contributed by atoms with Crippen LogP contribution < -0.4 is 10.6 Å². The lowest BCUT2D eigenvalue weighted by Crippen LogP contribution is -2.28. The van der Waals surface area contributed by atoms with Crippen molar-refractivity contribution in [3.05, 3.63) is 64.1 Å². The van der Waals surface area contributed by atoms with Crippen LogP contribution in [-0.2, 0) is 6.54 Å². The molecule has 5 nitrogen and oxygen atoms in total. The summed E-state index contributed by atoms with van der Waals surface area (Å²) in [5.41, 5.74) is 1.50. The summed E-state index contributed by atoms with van der Waals surface area (Å²) in [5, 5.41) is 14.2. The van der Waals surface area contributed by atoms with Gasteiger partial charge in [-0.1, -0.05) is 40.2 Å². The van der Waals surface area contributed by atoms with Gasteiger partial charge in [0.1, 0.15) is 0 Å². The second-order valence-electron chi connectivity index (χ2n) is 4.29. The Balaban J connectivity index is 1.95. The number of urea groups is 1. The molecule has 0 radical (unpaired) electrons. The summed E-state index contributed by atoms with van der Waals surface area (Å²) in [6.45, 7) is 0.367. The predicted octanol–water partition coefficient (Wildman–Crippen LogP) is 3.47. The van der Waals surface area contributed by atoms with Gasteiger partial charge < -0.3 is 15.7 Å². The van der Waals surface area contributed by atoms with E-state index in [9.17, 15) is 9.59 Å². The van der Waals surface area contributed by atoms with Crippen molar-refractivity contribution in [1.82, 2.24) is 5.32 Å². The van der Waals surface area contributed by atoms with Crippen LogP contribution in [0.5, 0.6) is 0 Å². The Bertz CT molecular complexity index is 673. The van der Waals surface area contributed by atoms with Crippen molar-refractivity contribution in [3.63, 3.8) is 0 Å². The summed E-state index contributed by atoms with van der Waals surface area (Å²) in [6.07, 6.45) is 0. The molecule has 0 aliphatic carbocycles. The van der Waals surface area contributed by atoms with Gasteiger partial charge in [0.15, 0.2) is 0 Å². The molecule has 0 saturated carbocycles. The van der Waals surface area contributed by atoms with Crippen LogP contribution in [-0.4, -0.2) is 17.1 Å². The molecule has 0 fully saturated rings. The quantitative estimate of drug-likeness (QED) is 0.791. The summed E-state index contributed by atoms with van der Waals surface area (Å²) in [7, 11) is 0. The summed E-state index contributed by atoms with van der Waals surface area (Å²) >= 11 is 3.40. The van der Waals surface area contributed by atoms with Crippen LogP contribution in [0.15, 0.2) is 53.0 Å². The lowest BCUT2D eigenvalue weighted by molar-refractivity contribution is 0.0697. The minimum Gasteiger partial charge on any atom is -0.478 e. The molecule has 0 unspecified atom stereocenters. The highest BCUT2D eigenvalue weighted by molar-refractivity contribution is 9.10. The van der Waals surface area contributed by atoms with Gasteiger partial charge in [0.05, 0.1) is 5.56 Å². The lowest BCUT2D eigenvalue weighted by atomic mass is 10.2. The first-order chi connectivity index (χ1) is 10.1. The van der Waals surface area contributed by atoms with Crippen LogP contribution in [0.1, 0.15) is 15.9 Å². The molecule has 2 rings (SSSR count). The fourth-order valence-corrected chi connectivity index (χ4v) is 2.15. The number of benzene rings is 2. The number of carboxylic acids is 1. The first-order valence-electron chi connectivity index (χ1n) is 6.18. The van der Waals surface area contributed by atoms with Gasteiger partial charge in [-0.05, 0) is 29.8 Å². The van der Waals surface area contributed by atoms with Gasteiger partial charge in [-0.2, -0.15) is 0 Å². The number of hydrogen-bond donors (Lipinski definition) is 3. The Labute approximate surface area is 130 Å². The van der Waals surface area contributed by atoms with Crippen molar-refractivity contribution in [2.75, 3.05) is 5.32 Å². The van der Waals surface area contributed by atoms with E-state index in [0.29, 0.717) is 12.2 Å². The SMILES string of the molecule is O=C(NCc1ccccc1Br)Nc1cccc(C(=O)O)c1. The number of carbonyl (C=O) groups excluding carboxylic acids is 1. The van der Waals surface area contributed by atoms with Crippen molar-refractivity contribution in [3.8, 4) is 0 Å². The Morgan fingerprint density at radius 2 is 1.86 bits per heavy atom. The molecule has 0 aliphatic rings. The number of aromatic carboxylic acids is 1. The van der Waals surface area contributed by atoms with Gasteiger partial charge in [-0.25, -0.2) is 9.59 Å². The lowest BCUT2D eigenvalue weighted by Gasteiger charge is -2.09. The molecule has 0 spiro atoms. The average molecular weight is 349 g/mol. The molecule has 0 heterocycles. The molecule has 0 saturated heterocycles. The van der Waals surface area contributed by atoms with E-state index in [1.165, 1.54) is 12.1 Å². The van der Waals surface area contributed by atoms with E-state index in [-0.39, 0.29) is 5.56 Å². The standard InChI is InChI=1S/C15H13BrN2O3/c16-13-7-2-1-4-11(13)9-17-15(21)18-12-6-3-5-10(8-12)14(19)20/h1-8H,9H2,(H,19,20)(H2,17,18,21). The highest BCUT2D eigenvalue weighted by Crippen LogP contribution is 2.15. The van der Waals surface area contributed by atoms with E-state index >= 15 is 0 Å². The van der Waals surface area contributed by atoms with Crippen LogP contribution in [0.3, 0.4) is 0 Å². The number of carbonyl (C=O) groups is 2. The second-order valence-corrected chi connectivity index (χ2v) is 5.14. The molecule has 2 amide bonds. The molecular formula is C15H13BrN2O3. The zero-order chi connectivity index (χ0) is 15.2. The summed E-state index contributed by atoms with van der Waals surface area (Å²) in [4.78, 5) is 22.6. The van der Waals surface area contributed by atoms with Crippen LogP contribution in [0.2, 0.25) is 0 Å². The molecule has 3 N–H and O–H groups in total. The molecule has 2 aromatic rings. The van der Waals surface area contributed by atoms with Crippen LogP contribution >= 0.6 is 15.9 Å². The van der Waals surface area contributed by atoms with Gasteiger partial charge in [0, 0.05) is 16.7 Å². The first kappa shape index (κ1) is 15.1. The monoisotopic (exact) mass is 348 g/mol. The van der Waals surface area contributed by atoms with Crippen molar-refractivity contribution in [2.24, 2.45) is 0 Å². The topological polar surface area (TPSA) is 78.4 Å². The normalized spacial score (nSPS) is 9.95. The zero-order valence-corrected chi connectivity index (χ0v) is 12.6. The fraction of sp³-hybridized carbons (Fsp3) is 0.0667. The zero-order valence-electron chi connectivity index (χ0n) is 11.0. The van der Waals surface area contributed by atoms with Crippen molar-refractivity contribution < 1.29 is 14.7 Å². The van der Waals surface area contributed by atoms with E-state index in [0.717, 1.165) is 10.0 Å². The van der Waals surface area contributed by atoms with Gasteiger partial charge >= 0.3 is 12.0 Å². The van der Waals surface area contributed by atoms with E-state index in [1.54, 1.807) is 12.1 Å². The average Bonchev–Trinajstić information content (AvgIpc) is 2.46. The van der Waals surface area contributed by atoms with Gasteiger partial charge in [-0.3, -0.25) is 0 Å². The van der Waals surface area contributed by atoms with E-state index in [2.05, 4.69) is 26.6 Å². The second kappa shape index (κ2) is 6.90. The maximum Gasteiger partial charge on any atom is 0.335 e. The van der Waals surface area contributed by atoms with Crippen molar-refractivity contribution >= 4 is 33.6 Å². The highest BCUT2D eigenvalue weighted by Gasteiger charge is 2.06. The van der Waals surface area contributed by atoms with Gasteiger partial charge in [-0.15, -0.1) is 0 Å². The molecule has 6 heteroatoms. The fourth-order valence-electron chi connectivity index (χ4n) is 1.72. The largest absolute Gasteiger partial charge is 0.478 e. The Kier molecular flexibility index (Phi) is 4.94. The van der Waals surface area contributed by atoms with Crippen LogP contribution in [0.25, 0.3) is 0 Å². The van der Waals surface area contributed by atoms with Crippen LogP contribution in [0.4, 0.5) is 10.5 Å². The Morgan fingerprint density at radius 3 is 2.57 bits per heavy atom. The van der Waals surface area contributed by atoms with Crippen molar-refractivity contribution in [1.29, 1.82) is 0 Å². The molecule has 21 heavy (non-hydrogen) atoms. The summed E-state index contributed by atoms with van der Waals surface area (Å²) in [6, 6.07) is 13.2. The van der Waals surface area contributed by atoms with Crippen LogP contribution in [0, 0.1) is 0 Å². The Morgan fingerprint density at radius 1 is 1.10 bits per heavy atom. The number of rotatable bonds is 4. The summed E-state index contributed by atoms with van der Waals surface area (Å²) < 4.78 is 0.915. The molecule has 0 atom stereocenters. The molecule has 0 aliphatic heterocycles. The predicted molar refractivity (Wildman–Crippen MR) is 83.4 cm³/mol.